The van der Waals surface area contributed by atoms with E-state index in [1.165, 1.54) is 38.5 Å². The lowest BCUT2D eigenvalue weighted by Gasteiger charge is -2.24. The number of nitrogens with one attached hydrogen (secondary N) is 3. The summed E-state index contributed by atoms with van der Waals surface area (Å²) in [5, 5.41) is 9.30. The van der Waals surface area contributed by atoms with Crippen molar-refractivity contribution in [2.75, 3.05) is 20.1 Å². The first kappa shape index (κ1) is 22.5. The van der Waals surface area contributed by atoms with Crippen LogP contribution in [0.1, 0.15) is 65.2 Å². The largest absolute Gasteiger partial charge is 0.355 e. The zero-order valence-electron chi connectivity index (χ0n) is 15.0. The van der Waals surface area contributed by atoms with E-state index in [2.05, 4.69) is 27.9 Å². The molecule has 1 amide bonds. The second kappa shape index (κ2) is 13.9. The lowest BCUT2D eigenvalue weighted by Crippen LogP contribution is -2.46. The number of carbonyl (C=O) groups is 1. The summed E-state index contributed by atoms with van der Waals surface area (Å²) in [5.41, 5.74) is 0. The number of amides is 1. The van der Waals surface area contributed by atoms with E-state index in [0.717, 1.165) is 25.3 Å². The van der Waals surface area contributed by atoms with Crippen LogP contribution in [0.25, 0.3) is 0 Å². The van der Waals surface area contributed by atoms with Crippen molar-refractivity contribution in [3.63, 3.8) is 0 Å². The van der Waals surface area contributed by atoms with Gasteiger partial charge in [-0.05, 0) is 32.1 Å². The maximum atomic E-state index is 11.6. The van der Waals surface area contributed by atoms with E-state index in [-0.39, 0.29) is 36.4 Å². The summed E-state index contributed by atoms with van der Waals surface area (Å²) in [4.78, 5) is 15.8. The molecule has 1 unspecified atom stereocenters. The van der Waals surface area contributed by atoms with Gasteiger partial charge < -0.3 is 16.0 Å². The van der Waals surface area contributed by atoms with Gasteiger partial charge in [-0.25, -0.2) is 0 Å². The second-order valence-corrected chi connectivity index (χ2v) is 6.40. The van der Waals surface area contributed by atoms with E-state index in [1.54, 1.807) is 7.05 Å². The lowest BCUT2D eigenvalue weighted by atomic mass is 9.85. The summed E-state index contributed by atoms with van der Waals surface area (Å²) in [6.07, 6.45) is 10.4. The summed E-state index contributed by atoms with van der Waals surface area (Å²) in [7, 11) is 1.74. The van der Waals surface area contributed by atoms with Crippen LogP contribution in [0, 0.1) is 5.92 Å². The maximum absolute atomic E-state index is 11.6. The Morgan fingerprint density at radius 3 is 2.52 bits per heavy atom. The molecule has 6 heteroatoms. The molecule has 0 radical (unpaired) electrons. The number of hydrogen-bond donors (Lipinski definition) is 3. The molecule has 0 spiro atoms. The molecule has 0 saturated heterocycles. The highest BCUT2D eigenvalue weighted by molar-refractivity contribution is 14.0. The van der Waals surface area contributed by atoms with E-state index < -0.39 is 0 Å². The Bertz CT molecular complexity index is 343. The topological polar surface area (TPSA) is 65.5 Å². The van der Waals surface area contributed by atoms with Crippen molar-refractivity contribution >= 4 is 35.8 Å². The third kappa shape index (κ3) is 10.8. The fraction of sp³-hybridized carbons (Fsp3) is 0.882. The van der Waals surface area contributed by atoms with Crippen molar-refractivity contribution in [3.8, 4) is 0 Å². The SMILES string of the molecule is CCCNC(=O)CNC(=NC)NC(C)CCC1CCCCC1.I. The van der Waals surface area contributed by atoms with Gasteiger partial charge in [0.25, 0.3) is 0 Å². The third-order valence-corrected chi connectivity index (χ3v) is 4.33. The molecule has 1 atom stereocenters. The summed E-state index contributed by atoms with van der Waals surface area (Å²) in [6, 6.07) is 0.381. The highest BCUT2D eigenvalue weighted by Crippen LogP contribution is 2.27. The molecule has 23 heavy (non-hydrogen) atoms. The van der Waals surface area contributed by atoms with Crippen molar-refractivity contribution in [1.29, 1.82) is 0 Å². The molecule has 1 rings (SSSR count). The lowest BCUT2D eigenvalue weighted by molar-refractivity contribution is -0.120. The van der Waals surface area contributed by atoms with E-state index in [9.17, 15) is 4.79 Å². The molecule has 0 bridgehead atoms. The molecular weight excluding hydrogens is 403 g/mol. The molecule has 136 valence electrons. The van der Waals surface area contributed by atoms with Crippen molar-refractivity contribution in [1.82, 2.24) is 16.0 Å². The molecule has 1 fully saturated rings. The molecule has 0 aromatic carbocycles. The predicted molar refractivity (Wildman–Crippen MR) is 108 cm³/mol. The molecule has 1 aliphatic carbocycles. The van der Waals surface area contributed by atoms with Crippen LogP contribution in [0.15, 0.2) is 4.99 Å². The number of aliphatic imine (C=N–C) groups is 1. The van der Waals surface area contributed by atoms with Crippen LogP contribution in [0.3, 0.4) is 0 Å². The standard InChI is InChI=1S/C17H34N4O.HI/c1-4-12-19-16(22)13-20-17(18-3)21-14(2)10-11-15-8-6-5-7-9-15;/h14-15H,4-13H2,1-3H3,(H,19,22)(H2,18,20,21);1H. The Hall–Kier alpha value is -0.530. The van der Waals surface area contributed by atoms with Gasteiger partial charge in [0.1, 0.15) is 0 Å². The van der Waals surface area contributed by atoms with Gasteiger partial charge in [0.2, 0.25) is 5.91 Å². The summed E-state index contributed by atoms with van der Waals surface area (Å²) < 4.78 is 0. The van der Waals surface area contributed by atoms with E-state index >= 15 is 0 Å². The maximum Gasteiger partial charge on any atom is 0.239 e. The van der Waals surface area contributed by atoms with Crippen LogP contribution in [0.5, 0.6) is 0 Å². The van der Waals surface area contributed by atoms with Crippen LogP contribution in [0.2, 0.25) is 0 Å². The number of guanidine groups is 1. The number of hydrogen-bond acceptors (Lipinski definition) is 2. The highest BCUT2D eigenvalue weighted by Gasteiger charge is 2.15. The van der Waals surface area contributed by atoms with Crippen LogP contribution in [-0.2, 0) is 4.79 Å². The molecule has 3 N–H and O–H groups in total. The van der Waals surface area contributed by atoms with Crippen molar-refractivity contribution in [2.45, 2.75) is 71.3 Å². The first-order chi connectivity index (χ1) is 10.7. The van der Waals surface area contributed by atoms with E-state index in [0.29, 0.717) is 12.0 Å². The monoisotopic (exact) mass is 438 g/mol. The Morgan fingerprint density at radius 2 is 1.91 bits per heavy atom. The first-order valence-corrected chi connectivity index (χ1v) is 8.89. The zero-order valence-corrected chi connectivity index (χ0v) is 17.3. The minimum Gasteiger partial charge on any atom is -0.355 e. The molecule has 5 nitrogen and oxygen atoms in total. The van der Waals surface area contributed by atoms with Crippen LogP contribution in [-0.4, -0.2) is 38.0 Å². The fourth-order valence-electron chi connectivity index (χ4n) is 2.95. The molecule has 0 aromatic rings. The predicted octanol–water partition coefficient (Wildman–Crippen LogP) is 3.04. The fourth-order valence-corrected chi connectivity index (χ4v) is 2.95. The van der Waals surface area contributed by atoms with Gasteiger partial charge in [0.05, 0.1) is 6.54 Å². The quantitative estimate of drug-likeness (QED) is 0.310. The van der Waals surface area contributed by atoms with Gasteiger partial charge in [0.15, 0.2) is 5.96 Å². The molecule has 0 aromatic heterocycles. The third-order valence-electron chi connectivity index (χ3n) is 4.33. The Labute approximate surface area is 158 Å². The first-order valence-electron chi connectivity index (χ1n) is 8.89. The summed E-state index contributed by atoms with van der Waals surface area (Å²) in [6.45, 7) is 5.23. The minimum atomic E-state index is 0. The molecule has 0 aliphatic heterocycles. The zero-order chi connectivity index (χ0) is 16.2. The van der Waals surface area contributed by atoms with E-state index in [1.807, 2.05) is 6.92 Å². The van der Waals surface area contributed by atoms with Crippen LogP contribution >= 0.6 is 24.0 Å². The van der Waals surface area contributed by atoms with Gasteiger partial charge >= 0.3 is 0 Å². The van der Waals surface area contributed by atoms with Crippen LogP contribution < -0.4 is 16.0 Å². The van der Waals surface area contributed by atoms with Crippen molar-refractivity contribution in [3.05, 3.63) is 0 Å². The Kier molecular flexibility index (Phi) is 13.5. The number of nitrogens with zero attached hydrogens (tertiary/aromatic N) is 1. The Balaban J connectivity index is 0.00000484. The minimum absolute atomic E-state index is 0. The van der Waals surface area contributed by atoms with Gasteiger partial charge in [-0.3, -0.25) is 9.79 Å². The molecule has 1 aliphatic rings. The highest BCUT2D eigenvalue weighted by atomic mass is 127. The normalized spacial score (nSPS) is 17.1. The average molecular weight is 438 g/mol. The van der Waals surface area contributed by atoms with Crippen molar-refractivity contribution < 1.29 is 4.79 Å². The van der Waals surface area contributed by atoms with Gasteiger partial charge in [0, 0.05) is 19.6 Å². The number of carbonyl (C=O) groups excluding carboxylic acids is 1. The van der Waals surface area contributed by atoms with Gasteiger partial charge in [-0.1, -0.05) is 39.0 Å². The number of halogens is 1. The van der Waals surface area contributed by atoms with E-state index in [4.69, 9.17) is 0 Å². The molecular formula is C17H35IN4O. The second-order valence-electron chi connectivity index (χ2n) is 6.40. The van der Waals surface area contributed by atoms with Crippen molar-refractivity contribution in [2.24, 2.45) is 10.9 Å². The van der Waals surface area contributed by atoms with Gasteiger partial charge in [-0.2, -0.15) is 0 Å². The Morgan fingerprint density at radius 1 is 1.22 bits per heavy atom. The smallest absolute Gasteiger partial charge is 0.239 e. The molecule has 0 heterocycles. The average Bonchev–Trinajstić information content (AvgIpc) is 2.55. The summed E-state index contributed by atoms with van der Waals surface area (Å²) >= 11 is 0. The van der Waals surface area contributed by atoms with Crippen LogP contribution in [0.4, 0.5) is 0 Å². The summed E-state index contributed by atoms with van der Waals surface area (Å²) in [5.74, 6) is 1.63. The van der Waals surface area contributed by atoms with Gasteiger partial charge in [-0.15, -0.1) is 24.0 Å². The number of rotatable bonds is 8. The molecule has 1 saturated carbocycles.